The number of methoxy groups -OCH3 is 3. The summed E-state index contributed by atoms with van der Waals surface area (Å²) in [5.74, 6) is -1.54. The molecule has 0 aliphatic heterocycles. The van der Waals surface area contributed by atoms with E-state index in [1.54, 1.807) is 49.4 Å². The summed E-state index contributed by atoms with van der Waals surface area (Å²) in [4.78, 5) is 38.9. The molecule has 0 amide bonds. The van der Waals surface area contributed by atoms with Gasteiger partial charge in [0.05, 0.1) is 50.8 Å². The number of nitrogens with zero attached hydrogens (tertiary/aromatic N) is 2. The molecule has 3 aromatic carbocycles. The van der Waals surface area contributed by atoms with Crippen molar-refractivity contribution in [3.05, 3.63) is 82.4 Å². The quantitative estimate of drug-likeness (QED) is 0.153. The molecular formula is C29H26N2O8S. The molecule has 0 bridgehead atoms. The van der Waals surface area contributed by atoms with E-state index in [4.69, 9.17) is 18.9 Å². The van der Waals surface area contributed by atoms with Gasteiger partial charge in [-0.2, -0.15) is 8.75 Å². The molecule has 0 aliphatic carbocycles. The van der Waals surface area contributed by atoms with Gasteiger partial charge in [-0.3, -0.25) is 4.79 Å². The fraction of sp³-hybridized carbons (Fsp3) is 0.207. The first-order valence-electron chi connectivity index (χ1n) is 12.1. The monoisotopic (exact) mass is 562 g/mol. The van der Waals surface area contributed by atoms with Gasteiger partial charge in [-0.05, 0) is 54.4 Å². The van der Waals surface area contributed by atoms with E-state index in [0.717, 1.165) is 11.7 Å². The lowest BCUT2D eigenvalue weighted by molar-refractivity contribution is -0.130. The molecule has 206 valence electrons. The van der Waals surface area contributed by atoms with Gasteiger partial charge in [0.2, 0.25) is 5.75 Å². The minimum atomic E-state index is -1.29. The third-order valence-electron chi connectivity index (χ3n) is 6.11. The number of hydrogen-bond donors (Lipinski definition) is 1. The second-order valence-electron chi connectivity index (χ2n) is 8.46. The van der Waals surface area contributed by atoms with Crippen molar-refractivity contribution in [2.45, 2.75) is 13.3 Å². The van der Waals surface area contributed by atoms with Crippen molar-refractivity contribution >= 4 is 46.1 Å². The highest BCUT2D eigenvalue weighted by Crippen LogP contribution is 2.39. The second-order valence-corrected chi connectivity index (χ2v) is 8.99. The summed E-state index contributed by atoms with van der Waals surface area (Å²) in [6.07, 6.45) is -0.0480. The van der Waals surface area contributed by atoms with Crippen LogP contribution < -0.4 is 14.2 Å². The fourth-order valence-electron chi connectivity index (χ4n) is 4.21. The van der Waals surface area contributed by atoms with E-state index >= 15 is 0 Å². The lowest BCUT2D eigenvalue weighted by Crippen LogP contribution is -2.15. The minimum Gasteiger partial charge on any atom is -0.493 e. The van der Waals surface area contributed by atoms with Crippen LogP contribution in [0.25, 0.3) is 16.6 Å². The zero-order valence-electron chi connectivity index (χ0n) is 22.2. The number of esters is 1. The number of aromatic nitrogens is 2. The lowest BCUT2D eigenvalue weighted by Gasteiger charge is -2.16. The molecule has 0 saturated carbocycles. The molecule has 0 saturated heterocycles. The van der Waals surface area contributed by atoms with Crippen LogP contribution in [-0.2, 0) is 16.0 Å². The summed E-state index contributed by atoms with van der Waals surface area (Å²) in [6, 6.07) is 14.2. The Bertz CT molecular complexity index is 1580. The van der Waals surface area contributed by atoms with Gasteiger partial charge in [-0.25, -0.2) is 9.59 Å². The minimum absolute atomic E-state index is 0.00759. The van der Waals surface area contributed by atoms with Crippen molar-refractivity contribution in [1.29, 1.82) is 0 Å². The molecule has 1 heterocycles. The number of ketones is 1. The summed E-state index contributed by atoms with van der Waals surface area (Å²) < 4.78 is 29.6. The van der Waals surface area contributed by atoms with E-state index in [2.05, 4.69) is 8.75 Å². The van der Waals surface area contributed by atoms with Gasteiger partial charge in [-0.1, -0.05) is 18.2 Å². The van der Waals surface area contributed by atoms with Crippen LogP contribution in [0.1, 0.15) is 38.8 Å². The number of benzene rings is 3. The number of ether oxygens (including phenoxy) is 4. The van der Waals surface area contributed by atoms with Crippen molar-refractivity contribution in [2.24, 2.45) is 0 Å². The molecular weight excluding hydrogens is 536 g/mol. The van der Waals surface area contributed by atoms with Crippen LogP contribution >= 0.6 is 11.7 Å². The highest BCUT2D eigenvalue weighted by atomic mass is 32.1. The van der Waals surface area contributed by atoms with Crippen molar-refractivity contribution in [3.63, 3.8) is 0 Å². The smallest absolute Gasteiger partial charge is 0.338 e. The number of aliphatic carboxylic acids is 1. The molecule has 0 aliphatic rings. The molecule has 1 N–H and O–H groups in total. The van der Waals surface area contributed by atoms with E-state index in [9.17, 15) is 19.5 Å². The van der Waals surface area contributed by atoms with E-state index in [1.807, 2.05) is 0 Å². The molecule has 4 aromatic rings. The lowest BCUT2D eigenvalue weighted by atomic mass is 9.89. The Morgan fingerprint density at radius 3 is 2.00 bits per heavy atom. The number of carboxylic acid groups (broad SMARTS) is 1. The van der Waals surface area contributed by atoms with Gasteiger partial charge >= 0.3 is 11.9 Å². The summed E-state index contributed by atoms with van der Waals surface area (Å²) in [5, 5.41) is 10.4. The third-order valence-corrected chi connectivity index (χ3v) is 6.66. The van der Waals surface area contributed by atoms with Crippen LogP contribution in [0, 0.1) is 0 Å². The molecule has 0 atom stereocenters. The van der Waals surface area contributed by atoms with Gasteiger partial charge in [0.1, 0.15) is 11.0 Å². The average Bonchev–Trinajstić information content (AvgIpc) is 3.44. The standard InChI is InChI=1S/C29H26N2O8S/c1-5-39-29(35)17-8-6-16(7-9-17)12-20(25(28(33)34)18-10-11-21-22(13-18)31-40-30-21)26(32)19-14-23(36-2)27(38-4)24(15-19)37-3/h6-11,13-15H,5,12H2,1-4H3,(H,33,34)/b25-20+. The Kier molecular flexibility index (Phi) is 8.75. The molecule has 0 fully saturated rings. The normalized spacial score (nSPS) is 11.5. The van der Waals surface area contributed by atoms with Crippen LogP contribution in [0.2, 0.25) is 0 Å². The first kappa shape index (κ1) is 28.2. The predicted octanol–water partition coefficient (Wildman–Crippen LogP) is 4.86. The maximum absolute atomic E-state index is 14.1. The van der Waals surface area contributed by atoms with Gasteiger partial charge in [0, 0.05) is 17.6 Å². The van der Waals surface area contributed by atoms with Gasteiger partial charge in [0.15, 0.2) is 17.3 Å². The number of carbonyl (C=O) groups is 3. The molecule has 1 aromatic heterocycles. The van der Waals surface area contributed by atoms with Crippen LogP contribution in [0.3, 0.4) is 0 Å². The van der Waals surface area contributed by atoms with E-state index in [-0.39, 0.29) is 41.2 Å². The fourth-order valence-corrected chi connectivity index (χ4v) is 4.73. The van der Waals surface area contributed by atoms with Crippen LogP contribution in [0.15, 0.2) is 60.2 Å². The number of carbonyl (C=O) groups excluding carboxylic acids is 2. The number of carboxylic acids is 1. The van der Waals surface area contributed by atoms with E-state index in [1.165, 1.54) is 33.5 Å². The summed E-state index contributed by atoms with van der Waals surface area (Å²) in [6.45, 7) is 1.95. The molecule has 0 spiro atoms. The zero-order chi connectivity index (χ0) is 28.8. The largest absolute Gasteiger partial charge is 0.493 e. The molecule has 0 unspecified atom stereocenters. The Morgan fingerprint density at radius 1 is 0.800 bits per heavy atom. The molecule has 11 heteroatoms. The van der Waals surface area contributed by atoms with Crippen molar-refractivity contribution < 1.29 is 38.4 Å². The number of allylic oxidation sites excluding steroid dienone is 1. The highest BCUT2D eigenvalue weighted by Gasteiger charge is 2.26. The predicted molar refractivity (Wildman–Crippen MR) is 149 cm³/mol. The first-order chi connectivity index (χ1) is 19.3. The van der Waals surface area contributed by atoms with Crippen molar-refractivity contribution in [2.75, 3.05) is 27.9 Å². The number of rotatable bonds is 11. The summed E-state index contributed by atoms with van der Waals surface area (Å²) in [5.41, 5.74) is 2.34. The van der Waals surface area contributed by atoms with Gasteiger partial charge in [0.25, 0.3) is 0 Å². The highest BCUT2D eigenvalue weighted by molar-refractivity contribution is 7.00. The van der Waals surface area contributed by atoms with Gasteiger partial charge < -0.3 is 24.1 Å². The summed E-state index contributed by atoms with van der Waals surface area (Å²) in [7, 11) is 4.29. The zero-order valence-corrected chi connectivity index (χ0v) is 23.0. The molecule has 10 nitrogen and oxygen atoms in total. The number of fused-ring (bicyclic) bond motifs is 1. The molecule has 0 radical (unpaired) electrons. The van der Waals surface area contributed by atoms with Crippen molar-refractivity contribution in [1.82, 2.24) is 8.75 Å². The first-order valence-corrected chi connectivity index (χ1v) is 12.8. The average molecular weight is 563 g/mol. The van der Waals surface area contributed by atoms with Gasteiger partial charge in [-0.15, -0.1) is 0 Å². The Labute approximate surface area is 234 Å². The third kappa shape index (κ3) is 5.79. The number of hydrogen-bond acceptors (Lipinski definition) is 10. The second kappa shape index (κ2) is 12.4. The maximum atomic E-state index is 14.1. The van der Waals surface area contributed by atoms with E-state index in [0.29, 0.717) is 33.5 Å². The Hall–Kier alpha value is -4.77. The van der Waals surface area contributed by atoms with Crippen LogP contribution in [-0.4, -0.2) is 59.5 Å². The summed E-state index contributed by atoms with van der Waals surface area (Å²) >= 11 is 1.01. The van der Waals surface area contributed by atoms with E-state index < -0.39 is 17.7 Å². The van der Waals surface area contributed by atoms with Crippen molar-refractivity contribution in [3.8, 4) is 17.2 Å². The molecule has 40 heavy (non-hydrogen) atoms. The molecule has 4 rings (SSSR count). The Balaban J connectivity index is 1.89. The topological polar surface area (TPSA) is 134 Å². The maximum Gasteiger partial charge on any atom is 0.338 e. The van der Waals surface area contributed by atoms with Crippen LogP contribution in [0.4, 0.5) is 0 Å². The Morgan fingerprint density at radius 2 is 1.43 bits per heavy atom. The SMILES string of the molecule is CCOC(=O)c1ccc(C/C(C(=O)c2cc(OC)c(OC)c(OC)c2)=C(\C(=O)O)c2ccc3nsnc3c2)cc1. The number of Topliss-reactive ketones (excluding diaryl/α,β-unsaturated/α-hetero) is 1. The van der Waals surface area contributed by atoms with Crippen LogP contribution in [0.5, 0.6) is 17.2 Å².